The summed E-state index contributed by atoms with van der Waals surface area (Å²) in [6, 6.07) is 7.40. The van der Waals surface area contributed by atoms with Gasteiger partial charge in [-0.15, -0.1) is 0 Å². The number of nitrogens with one attached hydrogen (secondary N) is 1. The molecule has 1 aromatic carbocycles. The maximum atomic E-state index is 12.1. The van der Waals surface area contributed by atoms with Gasteiger partial charge in [-0.1, -0.05) is 18.2 Å². The Bertz CT molecular complexity index is 609. The molecule has 2 heterocycles. The fourth-order valence-corrected chi connectivity index (χ4v) is 2.57. The fourth-order valence-electron chi connectivity index (χ4n) is 2.57. The van der Waals surface area contributed by atoms with E-state index >= 15 is 0 Å². The number of nitrogens with zero attached hydrogens (tertiary/aromatic N) is 2. The Balaban J connectivity index is 1.49. The van der Waals surface area contributed by atoms with Crippen molar-refractivity contribution in [3.63, 3.8) is 0 Å². The van der Waals surface area contributed by atoms with E-state index in [-0.39, 0.29) is 24.5 Å². The number of likely N-dealkylation sites (tertiary alicyclic amines) is 1. The van der Waals surface area contributed by atoms with Crippen LogP contribution in [-0.4, -0.2) is 54.1 Å². The van der Waals surface area contributed by atoms with Gasteiger partial charge in [-0.05, 0) is 18.6 Å². The molecule has 2 aliphatic heterocycles. The molecule has 1 aromatic rings. The van der Waals surface area contributed by atoms with Crippen LogP contribution in [0.3, 0.4) is 0 Å². The number of hydrogen-bond donors (Lipinski definition) is 1. The first kappa shape index (κ1) is 14.4. The summed E-state index contributed by atoms with van der Waals surface area (Å²) >= 11 is 0. The van der Waals surface area contributed by atoms with E-state index in [1.807, 2.05) is 31.2 Å². The van der Waals surface area contributed by atoms with Crippen LogP contribution in [0.25, 0.3) is 0 Å². The zero-order valence-corrected chi connectivity index (χ0v) is 12.2. The zero-order chi connectivity index (χ0) is 15.7. The van der Waals surface area contributed by atoms with Gasteiger partial charge in [-0.2, -0.15) is 0 Å². The van der Waals surface area contributed by atoms with Crippen molar-refractivity contribution in [3.05, 3.63) is 29.8 Å². The van der Waals surface area contributed by atoms with Crippen molar-refractivity contribution in [1.82, 2.24) is 9.80 Å². The van der Waals surface area contributed by atoms with E-state index < -0.39 is 6.09 Å². The summed E-state index contributed by atoms with van der Waals surface area (Å²) in [7, 11) is 0. The number of benzene rings is 1. The smallest absolute Gasteiger partial charge is 0.417 e. The van der Waals surface area contributed by atoms with Crippen LogP contribution in [0.15, 0.2) is 24.3 Å². The van der Waals surface area contributed by atoms with Crippen LogP contribution in [0.5, 0.6) is 0 Å². The summed E-state index contributed by atoms with van der Waals surface area (Å²) < 4.78 is 4.66. The van der Waals surface area contributed by atoms with Gasteiger partial charge in [0.15, 0.2) is 6.61 Å². The van der Waals surface area contributed by atoms with E-state index in [4.69, 9.17) is 0 Å². The number of ether oxygens (including phenoxy) is 1. The van der Waals surface area contributed by atoms with Crippen molar-refractivity contribution >= 4 is 23.7 Å². The van der Waals surface area contributed by atoms with E-state index in [1.165, 1.54) is 0 Å². The molecule has 1 N–H and O–H groups in total. The quantitative estimate of drug-likeness (QED) is 0.916. The monoisotopic (exact) mass is 303 g/mol. The van der Waals surface area contributed by atoms with Gasteiger partial charge in [-0.25, -0.2) is 14.5 Å². The molecule has 2 fully saturated rings. The highest BCUT2D eigenvalue weighted by Crippen LogP contribution is 2.21. The van der Waals surface area contributed by atoms with Gasteiger partial charge in [0, 0.05) is 31.2 Å². The maximum absolute atomic E-state index is 12.1. The number of urea groups is 1. The fraction of sp³-hybridized carbons (Fsp3) is 0.400. The zero-order valence-electron chi connectivity index (χ0n) is 12.2. The number of carbonyl (C=O) groups is 3. The topological polar surface area (TPSA) is 79.0 Å². The lowest BCUT2D eigenvalue weighted by molar-refractivity contribution is -0.126. The molecule has 116 valence electrons. The van der Waals surface area contributed by atoms with Crippen LogP contribution < -0.4 is 5.32 Å². The first-order valence-corrected chi connectivity index (χ1v) is 7.13. The van der Waals surface area contributed by atoms with Gasteiger partial charge in [0.05, 0.1) is 0 Å². The Kier molecular flexibility index (Phi) is 3.70. The third-order valence-electron chi connectivity index (χ3n) is 3.91. The molecule has 0 unspecified atom stereocenters. The summed E-state index contributed by atoms with van der Waals surface area (Å²) in [6.07, 6.45) is -0.590. The van der Waals surface area contributed by atoms with Gasteiger partial charge >= 0.3 is 12.1 Å². The van der Waals surface area contributed by atoms with Crippen molar-refractivity contribution in [2.24, 2.45) is 5.92 Å². The summed E-state index contributed by atoms with van der Waals surface area (Å²) in [4.78, 5) is 37.7. The summed E-state index contributed by atoms with van der Waals surface area (Å²) in [5.74, 6) is -0.204. The van der Waals surface area contributed by atoms with Gasteiger partial charge < -0.3 is 15.0 Å². The number of hydrogen-bond acceptors (Lipinski definition) is 4. The minimum absolute atomic E-state index is 0.109. The number of amides is 4. The Morgan fingerprint density at radius 2 is 2.05 bits per heavy atom. The van der Waals surface area contributed by atoms with Gasteiger partial charge in [-0.3, -0.25) is 4.79 Å². The van der Waals surface area contributed by atoms with Crippen LogP contribution in [0.1, 0.15) is 5.56 Å². The molecule has 2 saturated heterocycles. The Morgan fingerprint density at radius 1 is 1.32 bits per heavy atom. The SMILES string of the molecule is Cc1ccccc1NC(=O)N1CC(CN2C(=O)COC2=O)C1. The molecule has 22 heavy (non-hydrogen) atoms. The number of carbonyl (C=O) groups excluding carboxylic acids is 3. The standard InChI is InChI=1S/C15H17N3O4/c1-10-4-2-3-5-12(10)16-14(20)17-6-11(7-17)8-18-13(19)9-22-15(18)21/h2-5,11H,6-9H2,1H3,(H,16,20). The van der Waals surface area contributed by atoms with Crippen LogP contribution in [0.4, 0.5) is 15.3 Å². The van der Waals surface area contributed by atoms with Crippen LogP contribution in [0.2, 0.25) is 0 Å². The molecule has 0 aromatic heterocycles. The second-order valence-electron chi connectivity index (χ2n) is 5.58. The van der Waals surface area contributed by atoms with Gasteiger partial charge in [0.25, 0.3) is 5.91 Å². The average Bonchev–Trinajstić information content (AvgIpc) is 2.75. The first-order valence-electron chi connectivity index (χ1n) is 7.13. The van der Waals surface area contributed by atoms with E-state index in [1.54, 1.807) is 4.90 Å². The van der Waals surface area contributed by atoms with E-state index in [0.717, 1.165) is 16.2 Å². The molecular formula is C15H17N3O4. The molecular weight excluding hydrogens is 286 g/mol. The number of anilines is 1. The maximum Gasteiger partial charge on any atom is 0.417 e. The largest absolute Gasteiger partial charge is 0.439 e. The van der Waals surface area contributed by atoms with Crippen LogP contribution in [-0.2, 0) is 9.53 Å². The molecule has 0 radical (unpaired) electrons. The molecule has 0 atom stereocenters. The molecule has 0 spiro atoms. The van der Waals surface area contributed by atoms with Crippen molar-refractivity contribution < 1.29 is 19.1 Å². The predicted octanol–water partition coefficient (Wildman–Crippen LogP) is 1.44. The highest BCUT2D eigenvalue weighted by Gasteiger charge is 2.38. The number of rotatable bonds is 3. The lowest BCUT2D eigenvalue weighted by Gasteiger charge is -2.40. The summed E-state index contributed by atoms with van der Waals surface area (Å²) in [6.45, 7) is 3.11. The number of aryl methyl sites for hydroxylation is 1. The van der Waals surface area contributed by atoms with Crippen molar-refractivity contribution in [3.8, 4) is 0 Å². The Hall–Kier alpha value is -2.57. The van der Waals surface area contributed by atoms with Gasteiger partial charge in [0.2, 0.25) is 0 Å². The lowest BCUT2D eigenvalue weighted by Crippen LogP contribution is -2.55. The second kappa shape index (κ2) is 5.67. The minimum Gasteiger partial charge on any atom is -0.439 e. The molecule has 7 nitrogen and oxygen atoms in total. The predicted molar refractivity (Wildman–Crippen MR) is 78.3 cm³/mol. The average molecular weight is 303 g/mol. The normalized spacial score (nSPS) is 18.2. The molecule has 4 amide bonds. The Labute approximate surface area is 127 Å². The number of para-hydroxylation sites is 1. The van der Waals surface area contributed by atoms with E-state index in [9.17, 15) is 14.4 Å². The highest BCUT2D eigenvalue weighted by molar-refractivity contribution is 5.97. The minimum atomic E-state index is -0.590. The summed E-state index contributed by atoms with van der Waals surface area (Å²) in [5, 5.41) is 2.86. The van der Waals surface area contributed by atoms with Crippen molar-refractivity contribution in [2.75, 3.05) is 31.6 Å². The molecule has 0 saturated carbocycles. The molecule has 7 heteroatoms. The third-order valence-corrected chi connectivity index (χ3v) is 3.91. The molecule has 0 aliphatic carbocycles. The number of cyclic esters (lactones) is 1. The first-order chi connectivity index (χ1) is 10.5. The third kappa shape index (κ3) is 2.74. The second-order valence-corrected chi connectivity index (χ2v) is 5.58. The molecule has 2 aliphatic rings. The van der Waals surface area contributed by atoms with Crippen molar-refractivity contribution in [1.29, 1.82) is 0 Å². The summed E-state index contributed by atoms with van der Waals surface area (Å²) in [5.41, 5.74) is 1.78. The van der Waals surface area contributed by atoms with Crippen LogP contribution in [0, 0.1) is 12.8 Å². The van der Waals surface area contributed by atoms with Gasteiger partial charge in [0.1, 0.15) is 0 Å². The number of imide groups is 1. The van der Waals surface area contributed by atoms with E-state index in [2.05, 4.69) is 10.1 Å². The molecule has 3 rings (SSSR count). The Morgan fingerprint density at radius 3 is 2.68 bits per heavy atom. The van der Waals surface area contributed by atoms with Crippen molar-refractivity contribution in [2.45, 2.75) is 6.92 Å². The molecule has 0 bridgehead atoms. The van der Waals surface area contributed by atoms with E-state index in [0.29, 0.717) is 19.6 Å². The lowest BCUT2D eigenvalue weighted by atomic mass is 10.00. The van der Waals surface area contributed by atoms with Crippen LogP contribution >= 0.6 is 0 Å². The highest BCUT2D eigenvalue weighted by atomic mass is 16.6.